The molecule has 0 fully saturated rings. The fraction of sp³-hybridized carbons (Fsp3) is 0.600. The van der Waals surface area contributed by atoms with Gasteiger partial charge in [-0.25, -0.2) is 0 Å². The molecule has 0 aromatic heterocycles. The van der Waals surface area contributed by atoms with Crippen molar-refractivity contribution in [2.24, 2.45) is 5.92 Å². The van der Waals surface area contributed by atoms with Crippen LogP contribution < -0.4 is 9.47 Å². The summed E-state index contributed by atoms with van der Waals surface area (Å²) in [4.78, 5) is 0. The molecule has 0 spiro atoms. The van der Waals surface area contributed by atoms with E-state index in [1.807, 2.05) is 0 Å². The van der Waals surface area contributed by atoms with E-state index in [0.29, 0.717) is 18.1 Å². The van der Waals surface area contributed by atoms with Gasteiger partial charge >= 0.3 is 0 Å². The molecular weight excluding hydrogens is 212 g/mol. The molecule has 0 radical (unpaired) electrons. The first-order valence-electron chi connectivity index (χ1n) is 6.66. The van der Waals surface area contributed by atoms with Gasteiger partial charge in [0.15, 0.2) is 0 Å². The summed E-state index contributed by atoms with van der Waals surface area (Å²) in [5.74, 6) is 2.65. The maximum atomic E-state index is 5.98. The molecule has 3 rings (SSSR count). The molecule has 92 valence electrons. The van der Waals surface area contributed by atoms with Crippen LogP contribution in [0.5, 0.6) is 11.5 Å². The zero-order valence-electron chi connectivity index (χ0n) is 10.8. The first-order valence-corrected chi connectivity index (χ1v) is 6.66. The number of hydrogen-bond acceptors (Lipinski definition) is 2. The van der Waals surface area contributed by atoms with Crippen LogP contribution in [0.25, 0.3) is 0 Å². The summed E-state index contributed by atoms with van der Waals surface area (Å²) in [6.07, 6.45) is 3.90. The first kappa shape index (κ1) is 10.9. The highest BCUT2D eigenvalue weighted by Crippen LogP contribution is 2.40. The highest BCUT2D eigenvalue weighted by atomic mass is 16.5. The lowest BCUT2D eigenvalue weighted by Gasteiger charge is -2.14. The van der Waals surface area contributed by atoms with E-state index in [9.17, 15) is 0 Å². The van der Waals surface area contributed by atoms with Gasteiger partial charge in [0.25, 0.3) is 0 Å². The van der Waals surface area contributed by atoms with E-state index in [-0.39, 0.29) is 0 Å². The Bertz CT molecular complexity index is 402. The lowest BCUT2D eigenvalue weighted by atomic mass is 9.99. The number of benzene rings is 1. The Kier molecular flexibility index (Phi) is 2.53. The van der Waals surface area contributed by atoms with E-state index in [2.05, 4.69) is 32.9 Å². The molecule has 2 aliphatic heterocycles. The molecule has 2 heteroatoms. The summed E-state index contributed by atoms with van der Waals surface area (Å²) in [5, 5.41) is 0. The van der Waals surface area contributed by atoms with Crippen molar-refractivity contribution in [2.75, 3.05) is 0 Å². The number of hydrogen-bond donors (Lipinski definition) is 0. The van der Waals surface area contributed by atoms with Crippen LogP contribution in [0.15, 0.2) is 12.1 Å². The second-order valence-corrected chi connectivity index (χ2v) is 5.52. The number of rotatable bonds is 2. The van der Waals surface area contributed by atoms with Crippen molar-refractivity contribution in [1.29, 1.82) is 0 Å². The average Bonchev–Trinajstić information content (AvgIpc) is 2.87. The van der Waals surface area contributed by atoms with Gasteiger partial charge in [-0.2, -0.15) is 0 Å². The van der Waals surface area contributed by atoms with Gasteiger partial charge in [-0.3, -0.25) is 0 Å². The molecule has 2 nitrogen and oxygen atoms in total. The van der Waals surface area contributed by atoms with Gasteiger partial charge in [-0.1, -0.05) is 20.8 Å². The van der Waals surface area contributed by atoms with Crippen molar-refractivity contribution in [3.8, 4) is 11.5 Å². The van der Waals surface area contributed by atoms with Gasteiger partial charge in [-0.15, -0.1) is 0 Å². The summed E-state index contributed by atoms with van der Waals surface area (Å²) >= 11 is 0. The van der Waals surface area contributed by atoms with Gasteiger partial charge in [0.2, 0.25) is 0 Å². The summed E-state index contributed by atoms with van der Waals surface area (Å²) in [5.41, 5.74) is 2.73. The molecule has 0 bridgehead atoms. The van der Waals surface area contributed by atoms with Crippen LogP contribution >= 0.6 is 0 Å². The minimum Gasteiger partial charge on any atom is -0.490 e. The molecule has 2 atom stereocenters. The topological polar surface area (TPSA) is 18.5 Å². The van der Waals surface area contributed by atoms with E-state index < -0.39 is 0 Å². The molecule has 2 unspecified atom stereocenters. The third-order valence-corrected chi connectivity index (χ3v) is 3.88. The highest BCUT2D eigenvalue weighted by Gasteiger charge is 2.30. The second-order valence-electron chi connectivity index (χ2n) is 5.52. The van der Waals surface area contributed by atoms with Crippen molar-refractivity contribution in [3.05, 3.63) is 23.3 Å². The lowest BCUT2D eigenvalue weighted by molar-refractivity contribution is 0.177. The van der Waals surface area contributed by atoms with Gasteiger partial charge in [0, 0.05) is 18.9 Å². The van der Waals surface area contributed by atoms with Crippen LogP contribution in [0.3, 0.4) is 0 Å². The Labute approximate surface area is 103 Å². The third kappa shape index (κ3) is 1.80. The summed E-state index contributed by atoms with van der Waals surface area (Å²) in [6, 6.07) is 4.39. The third-order valence-electron chi connectivity index (χ3n) is 3.88. The van der Waals surface area contributed by atoms with Gasteiger partial charge in [-0.05, 0) is 29.5 Å². The number of ether oxygens (including phenoxy) is 2. The van der Waals surface area contributed by atoms with Crippen LogP contribution in [0, 0.1) is 5.92 Å². The van der Waals surface area contributed by atoms with Crippen molar-refractivity contribution in [1.82, 2.24) is 0 Å². The second kappa shape index (κ2) is 3.94. The Morgan fingerprint density at radius 1 is 1.12 bits per heavy atom. The molecule has 0 saturated heterocycles. The highest BCUT2D eigenvalue weighted by molar-refractivity contribution is 5.50. The van der Waals surface area contributed by atoms with Crippen molar-refractivity contribution in [3.63, 3.8) is 0 Å². The zero-order chi connectivity index (χ0) is 12.0. The van der Waals surface area contributed by atoms with Crippen LogP contribution in [-0.4, -0.2) is 12.2 Å². The molecule has 2 aliphatic rings. The Morgan fingerprint density at radius 3 is 2.53 bits per heavy atom. The minimum absolute atomic E-state index is 0.342. The van der Waals surface area contributed by atoms with Crippen LogP contribution in [-0.2, 0) is 12.8 Å². The fourth-order valence-corrected chi connectivity index (χ4v) is 2.68. The van der Waals surface area contributed by atoms with Gasteiger partial charge in [0.05, 0.1) is 0 Å². The normalized spacial score (nSPS) is 25.4. The van der Waals surface area contributed by atoms with Crippen molar-refractivity contribution < 1.29 is 9.47 Å². The van der Waals surface area contributed by atoms with Crippen LogP contribution in [0.2, 0.25) is 0 Å². The maximum absolute atomic E-state index is 5.98. The quantitative estimate of drug-likeness (QED) is 0.778. The summed E-state index contributed by atoms with van der Waals surface area (Å²) in [6.45, 7) is 6.61. The van der Waals surface area contributed by atoms with Gasteiger partial charge in [0.1, 0.15) is 23.7 Å². The van der Waals surface area contributed by atoms with E-state index in [1.165, 1.54) is 11.1 Å². The smallest absolute Gasteiger partial charge is 0.126 e. The predicted octanol–water partition coefficient (Wildman–Crippen LogP) is 3.36. The Hall–Kier alpha value is -1.18. The monoisotopic (exact) mass is 232 g/mol. The van der Waals surface area contributed by atoms with Crippen LogP contribution in [0.4, 0.5) is 0 Å². The van der Waals surface area contributed by atoms with E-state index in [0.717, 1.165) is 30.8 Å². The summed E-state index contributed by atoms with van der Waals surface area (Å²) < 4.78 is 11.9. The molecule has 0 amide bonds. The lowest BCUT2D eigenvalue weighted by Crippen LogP contribution is -2.19. The SMILES string of the molecule is CCC1Cc2cc3c(cc2O1)OC(C(C)C)C3. The molecule has 2 heterocycles. The van der Waals surface area contributed by atoms with Crippen molar-refractivity contribution in [2.45, 2.75) is 52.2 Å². The van der Waals surface area contributed by atoms with Crippen molar-refractivity contribution >= 4 is 0 Å². The Morgan fingerprint density at radius 2 is 1.82 bits per heavy atom. The minimum atomic E-state index is 0.342. The fourth-order valence-electron chi connectivity index (χ4n) is 2.68. The molecule has 1 aromatic carbocycles. The van der Waals surface area contributed by atoms with E-state index in [4.69, 9.17) is 9.47 Å². The number of fused-ring (bicyclic) bond motifs is 2. The maximum Gasteiger partial charge on any atom is 0.126 e. The zero-order valence-corrected chi connectivity index (χ0v) is 10.8. The largest absolute Gasteiger partial charge is 0.490 e. The standard InChI is InChI=1S/C15H20O2/c1-4-12-6-10-5-11-7-13(9(2)3)17-15(11)8-14(10)16-12/h5,8-9,12-13H,4,6-7H2,1-3H3. The molecule has 0 N–H and O–H groups in total. The molecule has 17 heavy (non-hydrogen) atoms. The molecule has 0 saturated carbocycles. The first-order chi connectivity index (χ1) is 8.17. The average molecular weight is 232 g/mol. The van der Waals surface area contributed by atoms with Crippen LogP contribution in [0.1, 0.15) is 38.3 Å². The Balaban J connectivity index is 1.87. The summed E-state index contributed by atoms with van der Waals surface area (Å²) in [7, 11) is 0. The molecule has 1 aromatic rings. The van der Waals surface area contributed by atoms with E-state index >= 15 is 0 Å². The van der Waals surface area contributed by atoms with E-state index in [1.54, 1.807) is 0 Å². The molecule has 0 aliphatic carbocycles. The van der Waals surface area contributed by atoms with Gasteiger partial charge < -0.3 is 9.47 Å². The molecular formula is C15H20O2. The predicted molar refractivity (Wildman–Crippen MR) is 67.8 cm³/mol.